The molecule has 0 aromatic heterocycles. The Hall–Kier alpha value is -0.410. The SMILES string of the molecule is CNS(=O)(=O)OC1OC2(CCCC2)OC1c1c(Cl)cccc1Cl. The van der Waals surface area contributed by atoms with Crippen molar-refractivity contribution in [3.05, 3.63) is 33.8 Å². The molecule has 1 aromatic rings. The van der Waals surface area contributed by atoms with Crippen LogP contribution in [0.2, 0.25) is 10.0 Å². The summed E-state index contributed by atoms with van der Waals surface area (Å²) in [5, 5.41) is 0.744. The first kappa shape index (κ1) is 17.4. The molecule has 1 N–H and O–H groups in total. The predicted molar refractivity (Wildman–Crippen MR) is 85.4 cm³/mol. The summed E-state index contributed by atoms with van der Waals surface area (Å²) < 4.78 is 42.6. The lowest BCUT2D eigenvalue weighted by Crippen LogP contribution is -2.32. The lowest BCUT2D eigenvalue weighted by atomic mass is 10.1. The summed E-state index contributed by atoms with van der Waals surface area (Å²) in [4.78, 5) is 0. The Morgan fingerprint density at radius 2 is 1.83 bits per heavy atom. The second-order valence-corrected chi connectivity index (χ2v) is 7.86. The van der Waals surface area contributed by atoms with Crippen molar-refractivity contribution < 1.29 is 22.1 Å². The molecule has 6 nitrogen and oxygen atoms in total. The van der Waals surface area contributed by atoms with Crippen LogP contribution in [0, 0.1) is 0 Å². The van der Waals surface area contributed by atoms with Gasteiger partial charge < -0.3 is 9.47 Å². The Kier molecular flexibility index (Phi) is 4.90. The number of nitrogens with one attached hydrogen (secondary N) is 1. The molecule has 0 bridgehead atoms. The summed E-state index contributed by atoms with van der Waals surface area (Å²) in [6.07, 6.45) is 1.25. The van der Waals surface area contributed by atoms with E-state index in [0.29, 0.717) is 28.5 Å². The van der Waals surface area contributed by atoms with Crippen molar-refractivity contribution in [2.24, 2.45) is 0 Å². The molecule has 1 heterocycles. The van der Waals surface area contributed by atoms with Crippen LogP contribution in [0.15, 0.2) is 18.2 Å². The summed E-state index contributed by atoms with van der Waals surface area (Å²) in [7, 11) is -2.70. The van der Waals surface area contributed by atoms with Gasteiger partial charge in [-0.15, -0.1) is 0 Å². The van der Waals surface area contributed by atoms with Crippen molar-refractivity contribution >= 4 is 33.5 Å². The van der Waals surface area contributed by atoms with E-state index in [1.54, 1.807) is 18.2 Å². The molecule has 1 saturated heterocycles. The number of ether oxygens (including phenoxy) is 2. The number of hydrogen-bond acceptors (Lipinski definition) is 5. The molecule has 128 valence electrons. The standard InChI is InChI=1S/C14H17Cl2NO5S/c1-17-23(18,19)22-13-12(11-9(15)5-4-6-10(11)16)20-14(21-13)7-2-3-8-14/h4-6,12-13,17H,2-3,7-8H2,1H3. The first-order valence-electron chi connectivity index (χ1n) is 7.27. The maximum Gasteiger partial charge on any atom is 0.338 e. The van der Waals surface area contributed by atoms with Crippen molar-refractivity contribution in [3.63, 3.8) is 0 Å². The fourth-order valence-electron chi connectivity index (χ4n) is 2.96. The molecule has 23 heavy (non-hydrogen) atoms. The van der Waals surface area contributed by atoms with Gasteiger partial charge in [0.1, 0.15) is 6.10 Å². The third-order valence-corrected chi connectivity index (χ3v) is 5.64. The van der Waals surface area contributed by atoms with E-state index in [0.717, 1.165) is 12.8 Å². The third-order valence-electron chi connectivity index (χ3n) is 4.04. The highest BCUT2D eigenvalue weighted by atomic mass is 35.5. The predicted octanol–water partition coefficient (Wildman–Crippen LogP) is 3.16. The van der Waals surface area contributed by atoms with Crippen molar-refractivity contribution in [2.75, 3.05) is 7.05 Å². The van der Waals surface area contributed by atoms with Crippen LogP contribution in [-0.4, -0.2) is 27.5 Å². The van der Waals surface area contributed by atoms with Gasteiger partial charge in [-0.1, -0.05) is 29.3 Å². The monoisotopic (exact) mass is 381 g/mol. The third kappa shape index (κ3) is 3.51. The molecule has 0 radical (unpaired) electrons. The van der Waals surface area contributed by atoms with Crippen molar-refractivity contribution in [3.8, 4) is 0 Å². The molecule has 1 aromatic carbocycles. The Morgan fingerprint density at radius 3 is 2.39 bits per heavy atom. The number of halogens is 2. The average Bonchev–Trinajstić information content (AvgIpc) is 3.07. The van der Waals surface area contributed by atoms with Crippen LogP contribution < -0.4 is 4.72 Å². The van der Waals surface area contributed by atoms with E-state index in [1.165, 1.54) is 7.05 Å². The van der Waals surface area contributed by atoms with Gasteiger partial charge >= 0.3 is 10.3 Å². The summed E-state index contributed by atoms with van der Waals surface area (Å²) in [5.41, 5.74) is 0.468. The Balaban J connectivity index is 1.97. The van der Waals surface area contributed by atoms with E-state index in [4.69, 9.17) is 36.9 Å². The van der Waals surface area contributed by atoms with E-state index >= 15 is 0 Å². The van der Waals surface area contributed by atoms with Gasteiger partial charge in [0, 0.05) is 35.5 Å². The minimum absolute atomic E-state index is 0.372. The molecular formula is C14H17Cl2NO5S. The molecule has 2 fully saturated rings. The molecule has 9 heteroatoms. The normalized spacial score (nSPS) is 26.9. The molecule has 1 saturated carbocycles. The van der Waals surface area contributed by atoms with Crippen LogP contribution in [0.25, 0.3) is 0 Å². The zero-order chi connectivity index (χ0) is 16.7. The zero-order valence-electron chi connectivity index (χ0n) is 12.4. The molecule has 1 aliphatic carbocycles. The van der Waals surface area contributed by atoms with Gasteiger partial charge in [-0.2, -0.15) is 13.1 Å². The Morgan fingerprint density at radius 1 is 1.22 bits per heavy atom. The largest absolute Gasteiger partial charge is 0.338 e. The first-order chi connectivity index (χ1) is 10.9. The van der Waals surface area contributed by atoms with Crippen LogP contribution in [-0.2, 0) is 24.0 Å². The van der Waals surface area contributed by atoms with Gasteiger partial charge in [0.2, 0.25) is 6.29 Å². The number of rotatable bonds is 4. The van der Waals surface area contributed by atoms with Crippen LogP contribution in [0.5, 0.6) is 0 Å². The molecule has 1 aliphatic heterocycles. The smallest absolute Gasteiger partial charge is 0.336 e. The average molecular weight is 382 g/mol. The second kappa shape index (κ2) is 6.48. The summed E-state index contributed by atoms with van der Waals surface area (Å²) in [5.74, 6) is -0.846. The lowest BCUT2D eigenvalue weighted by Gasteiger charge is -2.21. The summed E-state index contributed by atoms with van der Waals surface area (Å²) in [6.45, 7) is 0. The number of hydrogen-bond donors (Lipinski definition) is 1. The molecule has 2 aliphatic rings. The number of benzene rings is 1. The molecule has 0 amide bonds. The maximum absolute atomic E-state index is 11.8. The van der Waals surface area contributed by atoms with Crippen molar-refractivity contribution in [2.45, 2.75) is 43.9 Å². The summed E-state index contributed by atoms with van der Waals surface area (Å²) in [6, 6.07) is 5.03. The molecule has 2 atom stereocenters. The fourth-order valence-corrected chi connectivity index (χ4v) is 4.06. The Bertz CT molecular complexity index is 670. The summed E-state index contributed by atoms with van der Waals surface area (Å²) >= 11 is 12.5. The second-order valence-electron chi connectivity index (χ2n) is 5.53. The minimum atomic E-state index is -3.96. The highest BCUT2D eigenvalue weighted by Crippen LogP contribution is 2.50. The highest BCUT2D eigenvalue weighted by Gasteiger charge is 2.52. The van der Waals surface area contributed by atoms with Crippen molar-refractivity contribution in [1.82, 2.24) is 4.72 Å². The fraction of sp³-hybridized carbons (Fsp3) is 0.571. The van der Waals surface area contributed by atoms with Gasteiger partial charge in [-0.25, -0.2) is 4.18 Å². The minimum Gasteiger partial charge on any atom is -0.336 e. The van der Waals surface area contributed by atoms with E-state index in [9.17, 15) is 8.42 Å². The van der Waals surface area contributed by atoms with E-state index in [-0.39, 0.29) is 0 Å². The molecule has 1 spiro atoms. The highest BCUT2D eigenvalue weighted by molar-refractivity contribution is 7.84. The quantitative estimate of drug-likeness (QED) is 0.866. The first-order valence-corrected chi connectivity index (χ1v) is 9.43. The van der Waals surface area contributed by atoms with Gasteiger partial charge in [0.15, 0.2) is 5.79 Å². The van der Waals surface area contributed by atoms with E-state index < -0.39 is 28.5 Å². The van der Waals surface area contributed by atoms with Gasteiger partial charge in [-0.05, 0) is 25.0 Å². The molecular weight excluding hydrogens is 365 g/mol. The van der Waals surface area contributed by atoms with Gasteiger partial charge in [0.25, 0.3) is 0 Å². The van der Waals surface area contributed by atoms with Gasteiger partial charge in [-0.3, -0.25) is 0 Å². The zero-order valence-corrected chi connectivity index (χ0v) is 14.7. The topological polar surface area (TPSA) is 73.9 Å². The lowest BCUT2D eigenvalue weighted by molar-refractivity contribution is -0.188. The van der Waals surface area contributed by atoms with E-state index in [1.807, 2.05) is 0 Å². The van der Waals surface area contributed by atoms with E-state index in [2.05, 4.69) is 4.72 Å². The van der Waals surface area contributed by atoms with Crippen LogP contribution in [0.1, 0.15) is 37.4 Å². The van der Waals surface area contributed by atoms with Crippen LogP contribution >= 0.6 is 23.2 Å². The van der Waals surface area contributed by atoms with Crippen LogP contribution in [0.4, 0.5) is 0 Å². The van der Waals surface area contributed by atoms with Crippen molar-refractivity contribution in [1.29, 1.82) is 0 Å². The molecule has 2 unspecified atom stereocenters. The molecule has 3 rings (SSSR count). The van der Waals surface area contributed by atoms with Crippen LogP contribution in [0.3, 0.4) is 0 Å². The maximum atomic E-state index is 11.8. The Labute approximate surface area is 145 Å². The van der Waals surface area contributed by atoms with Gasteiger partial charge in [0.05, 0.1) is 0 Å².